The van der Waals surface area contributed by atoms with Gasteiger partial charge in [-0.25, -0.2) is 4.98 Å². The first kappa shape index (κ1) is 14.0. The molecule has 4 nitrogen and oxygen atoms in total. The van der Waals surface area contributed by atoms with Gasteiger partial charge in [-0.3, -0.25) is 4.90 Å². The van der Waals surface area contributed by atoms with Gasteiger partial charge in [0.1, 0.15) is 5.75 Å². The molecule has 0 fully saturated rings. The van der Waals surface area contributed by atoms with Crippen LogP contribution in [0.3, 0.4) is 0 Å². The van der Waals surface area contributed by atoms with Crippen LogP contribution in [0, 0.1) is 0 Å². The van der Waals surface area contributed by atoms with Crippen LogP contribution in [0.15, 0.2) is 35.2 Å². The number of hydrogen-bond acceptors (Lipinski definition) is 5. The molecule has 0 amide bonds. The fourth-order valence-corrected chi connectivity index (χ4v) is 2.63. The molecule has 19 heavy (non-hydrogen) atoms. The number of likely N-dealkylation sites (N-methyl/N-ethyl adjacent to an activating group) is 1. The molecule has 0 radical (unpaired) electrons. The molecule has 0 aliphatic heterocycles. The molecule has 1 unspecified atom stereocenters. The molecule has 0 spiro atoms. The zero-order chi connectivity index (χ0) is 13.7. The van der Waals surface area contributed by atoms with Gasteiger partial charge in [0.05, 0.1) is 18.3 Å². The van der Waals surface area contributed by atoms with Crippen molar-refractivity contribution in [2.45, 2.75) is 12.6 Å². The second kappa shape index (κ2) is 6.65. The van der Waals surface area contributed by atoms with Crippen LogP contribution in [0.4, 0.5) is 0 Å². The van der Waals surface area contributed by atoms with Crippen molar-refractivity contribution in [2.24, 2.45) is 5.73 Å². The van der Waals surface area contributed by atoms with E-state index < -0.39 is 0 Å². The summed E-state index contributed by atoms with van der Waals surface area (Å²) in [4.78, 5) is 6.53. The molecule has 0 saturated carbocycles. The molecular formula is C14H19N3OS. The van der Waals surface area contributed by atoms with Gasteiger partial charge in [-0.2, -0.15) is 0 Å². The van der Waals surface area contributed by atoms with Crippen LogP contribution in [-0.2, 0) is 6.54 Å². The first-order chi connectivity index (χ1) is 9.24. The van der Waals surface area contributed by atoms with Crippen LogP contribution in [0.5, 0.6) is 5.75 Å². The second-order valence-electron chi connectivity index (χ2n) is 4.42. The highest BCUT2D eigenvalue weighted by molar-refractivity contribution is 7.07. The van der Waals surface area contributed by atoms with Crippen LogP contribution in [0.25, 0.3) is 0 Å². The first-order valence-corrected chi connectivity index (χ1v) is 7.10. The van der Waals surface area contributed by atoms with Gasteiger partial charge in [0.2, 0.25) is 0 Å². The molecule has 2 aromatic rings. The van der Waals surface area contributed by atoms with Gasteiger partial charge in [-0.15, -0.1) is 11.3 Å². The maximum atomic E-state index is 5.91. The van der Waals surface area contributed by atoms with Gasteiger partial charge >= 0.3 is 0 Å². The number of thiazole rings is 1. The zero-order valence-corrected chi connectivity index (χ0v) is 12.1. The number of nitrogens with two attached hydrogens (primary N) is 1. The van der Waals surface area contributed by atoms with Gasteiger partial charge in [-0.1, -0.05) is 12.1 Å². The number of hydrogen-bond donors (Lipinski definition) is 1. The van der Waals surface area contributed by atoms with Crippen molar-refractivity contribution < 1.29 is 4.74 Å². The monoisotopic (exact) mass is 277 g/mol. The van der Waals surface area contributed by atoms with Crippen molar-refractivity contribution in [1.29, 1.82) is 0 Å². The van der Waals surface area contributed by atoms with E-state index in [0.29, 0.717) is 6.54 Å². The SMILES string of the molecule is COc1ccc(C(CN)N(C)Cc2cscn2)cc1. The summed E-state index contributed by atoms with van der Waals surface area (Å²) in [6, 6.07) is 8.25. The van der Waals surface area contributed by atoms with Crippen molar-refractivity contribution in [1.82, 2.24) is 9.88 Å². The first-order valence-electron chi connectivity index (χ1n) is 6.16. The topological polar surface area (TPSA) is 51.4 Å². The lowest BCUT2D eigenvalue weighted by Crippen LogP contribution is -2.30. The van der Waals surface area contributed by atoms with Crippen molar-refractivity contribution in [2.75, 3.05) is 20.7 Å². The van der Waals surface area contributed by atoms with Crippen molar-refractivity contribution in [3.8, 4) is 5.75 Å². The average Bonchev–Trinajstić information content (AvgIpc) is 2.93. The van der Waals surface area contributed by atoms with E-state index >= 15 is 0 Å². The summed E-state index contributed by atoms with van der Waals surface area (Å²) in [6.45, 7) is 1.38. The van der Waals surface area contributed by atoms with Gasteiger partial charge in [0, 0.05) is 24.5 Å². The van der Waals surface area contributed by atoms with E-state index in [1.54, 1.807) is 18.4 Å². The summed E-state index contributed by atoms with van der Waals surface area (Å²) < 4.78 is 5.17. The molecule has 0 aliphatic rings. The van der Waals surface area contributed by atoms with Crippen molar-refractivity contribution in [3.05, 3.63) is 46.4 Å². The Morgan fingerprint density at radius 3 is 2.63 bits per heavy atom. The minimum atomic E-state index is 0.188. The third-order valence-corrected chi connectivity index (χ3v) is 3.79. The van der Waals surface area contributed by atoms with Gasteiger partial charge < -0.3 is 10.5 Å². The fourth-order valence-electron chi connectivity index (χ4n) is 2.08. The Hall–Kier alpha value is -1.43. The van der Waals surface area contributed by atoms with E-state index in [-0.39, 0.29) is 6.04 Å². The summed E-state index contributed by atoms with van der Waals surface area (Å²) in [5.74, 6) is 0.863. The molecular weight excluding hydrogens is 258 g/mol. The summed E-state index contributed by atoms with van der Waals surface area (Å²) in [5.41, 5.74) is 10.0. The van der Waals surface area contributed by atoms with Crippen molar-refractivity contribution in [3.63, 3.8) is 0 Å². The molecule has 0 bridgehead atoms. The summed E-state index contributed by atoms with van der Waals surface area (Å²) in [7, 11) is 3.74. The van der Waals surface area contributed by atoms with Crippen LogP contribution in [-0.4, -0.2) is 30.6 Å². The van der Waals surface area contributed by atoms with E-state index in [4.69, 9.17) is 10.5 Å². The molecule has 0 saturated heterocycles. The molecule has 102 valence electrons. The van der Waals surface area contributed by atoms with Gasteiger partial charge in [0.15, 0.2) is 0 Å². The maximum Gasteiger partial charge on any atom is 0.118 e. The number of methoxy groups -OCH3 is 1. The third-order valence-electron chi connectivity index (χ3n) is 3.15. The lowest BCUT2D eigenvalue weighted by molar-refractivity contribution is 0.239. The molecule has 1 aromatic heterocycles. The summed E-state index contributed by atoms with van der Waals surface area (Å²) in [5, 5.41) is 2.07. The predicted molar refractivity (Wildman–Crippen MR) is 78.4 cm³/mol. The van der Waals surface area contributed by atoms with Crippen molar-refractivity contribution >= 4 is 11.3 Å². The van der Waals surface area contributed by atoms with Crippen LogP contribution >= 0.6 is 11.3 Å². The fraction of sp³-hybridized carbons (Fsp3) is 0.357. The Kier molecular flexibility index (Phi) is 4.90. The smallest absolute Gasteiger partial charge is 0.118 e. The minimum absolute atomic E-state index is 0.188. The van der Waals surface area contributed by atoms with Crippen LogP contribution in [0.1, 0.15) is 17.3 Å². The highest BCUT2D eigenvalue weighted by Crippen LogP contribution is 2.22. The standard InChI is InChI=1S/C14H19N3OS/c1-17(8-12-9-19-10-16-12)14(7-15)11-3-5-13(18-2)6-4-11/h3-6,9-10,14H,7-8,15H2,1-2H3. The highest BCUT2D eigenvalue weighted by Gasteiger charge is 2.16. The molecule has 1 heterocycles. The highest BCUT2D eigenvalue weighted by atomic mass is 32.1. The molecule has 2 N–H and O–H groups in total. The molecule has 5 heteroatoms. The van der Waals surface area contributed by atoms with E-state index in [1.165, 1.54) is 5.56 Å². The number of rotatable bonds is 6. The zero-order valence-electron chi connectivity index (χ0n) is 11.2. The number of nitrogens with zero attached hydrogens (tertiary/aromatic N) is 2. The Balaban J connectivity index is 2.09. The largest absolute Gasteiger partial charge is 0.497 e. The lowest BCUT2D eigenvalue weighted by atomic mass is 10.1. The third kappa shape index (κ3) is 3.53. The van der Waals surface area contributed by atoms with E-state index in [1.807, 2.05) is 17.6 Å². The summed E-state index contributed by atoms with van der Waals surface area (Å²) in [6.07, 6.45) is 0. The van der Waals surface area contributed by atoms with Gasteiger partial charge in [0.25, 0.3) is 0 Å². The average molecular weight is 277 g/mol. The van der Waals surface area contributed by atoms with Crippen LogP contribution in [0.2, 0.25) is 0 Å². The van der Waals surface area contributed by atoms with E-state index in [9.17, 15) is 0 Å². The Labute approximate surface area is 117 Å². The maximum absolute atomic E-state index is 5.91. The Bertz CT molecular complexity index is 484. The van der Waals surface area contributed by atoms with E-state index in [0.717, 1.165) is 18.0 Å². The Morgan fingerprint density at radius 2 is 2.11 bits per heavy atom. The Morgan fingerprint density at radius 1 is 1.37 bits per heavy atom. The second-order valence-corrected chi connectivity index (χ2v) is 5.14. The normalized spacial score (nSPS) is 12.6. The molecule has 0 aliphatic carbocycles. The molecule has 1 aromatic carbocycles. The number of aromatic nitrogens is 1. The van der Waals surface area contributed by atoms with Gasteiger partial charge in [-0.05, 0) is 24.7 Å². The van der Waals surface area contributed by atoms with Crippen LogP contribution < -0.4 is 10.5 Å². The predicted octanol–water partition coefficient (Wildman–Crippen LogP) is 2.28. The summed E-state index contributed by atoms with van der Waals surface area (Å²) >= 11 is 1.62. The number of ether oxygens (including phenoxy) is 1. The lowest BCUT2D eigenvalue weighted by Gasteiger charge is -2.26. The van der Waals surface area contributed by atoms with E-state index in [2.05, 4.69) is 34.4 Å². The quantitative estimate of drug-likeness (QED) is 0.880. The molecule has 2 rings (SSSR count). The minimum Gasteiger partial charge on any atom is -0.497 e. The molecule has 1 atom stereocenters. The number of benzene rings is 1.